The van der Waals surface area contributed by atoms with Gasteiger partial charge in [-0.25, -0.2) is 0 Å². The Bertz CT molecular complexity index is 608. The molecule has 4 nitrogen and oxygen atoms in total. The molecule has 0 saturated heterocycles. The summed E-state index contributed by atoms with van der Waals surface area (Å²) >= 11 is 0. The maximum absolute atomic E-state index is 11.7. The summed E-state index contributed by atoms with van der Waals surface area (Å²) in [6.07, 6.45) is 1.70. The summed E-state index contributed by atoms with van der Waals surface area (Å²) in [6.45, 7) is 4.38. The summed E-state index contributed by atoms with van der Waals surface area (Å²) in [6, 6.07) is 10.7. The number of carbonyl (C=O) groups excluding carboxylic acids is 1. The maximum Gasteiger partial charge on any atom is 0.238 e. The number of phenols is 1. The third-order valence-corrected chi connectivity index (χ3v) is 2.75. The molecule has 2 aromatic carbocycles. The Morgan fingerprint density at radius 1 is 1.21 bits per heavy atom. The number of nitrogens with one attached hydrogen (secondary N) is 2. The summed E-state index contributed by atoms with van der Waals surface area (Å²) in [5.41, 5.74) is 0.693. The van der Waals surface area contributed by atoms with E-state index in [4.69, 9.17) is 0 Å². The van der Waals surface area contributed by atoms with Gasteiger partial charge in [0.25, 0.3) is 0 Å². The molecule has 3 N–H and O–H groups in total. The van der Waals surface area contributed by atoms with Crippen LogP contribution in [0.2, 0.25) is 0 Å². The van der Waals surface area contributed by atoms with Crippen molar-refractivity contribution < 1.29 is 9.90 Å². The lowest BCUT2D eigenvalue weighted by Gasteiger charge is -2.09. The van der Waals surface area contributed by atoms with E-state index in [0.717, 1.165) is 10.8 Å². The minimum atomic E-state index is -0.127. The van der Waals surface area contributed by atoms with Crippen molar-refractivity contribution in [2.45, 2.75) is 0 Å². The van der Waals surface area contributed by atoms with E-state index in [1.807, 2.05) is 18.2 Å². The molecule has 0 spiro atoms. The molecule has 4 heteroatoms. The number of carbonyl (C=O) groups is 1. The van der Waals surface area contributed by atoms with Gasteiger partial charge in [0.1, 0.15) is 5.75 Å². The highest BCUT2D eigenvalue weighted by molar-refractivity contribution is 6.04. The van der Waals surface area contributed by atoms with E-state index in [-0.39, 0.29) is 18.2 Å². The molecule has 19 heavy (non-hydrogen) atoms. The molecule has 0 bridgehead atoms. The molecule has 0 fully saturated rings. The number of hydrogen-bond donors (Lipinski definition) is 3. The van der Waals surface area contributed by atoms with Crippen molar-refractivity contribution >= 4 is 22.4 Å². The van der Waals surface area contributed by atoms with Gasteiger partial charge in [0.05, 0.1) is 6.54 Å². The maximum atomic E-state index is 11.7. The topological polar surface area (TPSA) is 61.4 Å². The number of aromatic hydroxyl groups is 1. The second-order valence-corrected chi connectivity index (χ2v) is 4.15. The zero-order valence-electron chi connectivity index (χ0n) is 10.5. The fourth-order valence-electron chi connectivity index (χ4n) is 1.88. The standard InChI is InChI=1S/C15H16N2O2/c1-2-9-16-10-15(19)17-13-7-3-6-12-11(13)5-4-8-14(12)18/h2-8,16,18H,1,9-10H2,(H,17,19). The van der Waals surface area contributed by atoms with Gasteiger partial charge in [0, 0.05) is 23.0 Å². The van der Waals surface area contributed by atoms with Crippen molar-refractivity contribution in [3.8, 4) is 5.75 Å². The molecule has 0 aliphatic heterocycles. The minimum absolute atomic E-state index is 0.127. The first kappa shape index (κ1) is 13.1. The summed E-state index contributed by atoms with van der Waals surface area (Å²) < 4.78 is 0. The Morgan fingerprint density at radius 3 is 2.74 bits per heavy atom. The number of hydrogen-bond acceptors (Lipinski definition) is 3. The van der Waals surface area contributed by atoms with E-state index < -0.39 is 0 Å². The van der Waals surface area contributed by atoms with Crippen molar-refractivity contribution in [2.24, 2.45) is 0 Å². The number of amides is 1. The van der Waals surface area contributed by atoms with Crippen molar-refractivity contribution in [3.63, 3.8) is 0 Å². The molecular weight excluding hydrogens is 240 g/mol. The molecular formula is C15H16N2O2. The van der Waals surface area contributed by atoms with Gasteiger partial charge in [0.2, 0.25) is 5.91 Å². The quantitative estimate of drug-likeness (QED) is 0.568. The molecule has 1 amide bonds. The van der Waals surface area contributed by atoms with Crippen molar-refractivity contribution in [2.75, 3.05) is 18.4 Å². The smallest absolute Gasteiger partial charge is 0.238 e. The summed E-state index contributed by atoms with van der Waals surface area (Å²) in [5.74, 6) is 0.0797. The zero-order chi connectivity index (χ0) is 13.7. The van der Waals surface area contributed by atoms with Gasteiger partial charge in [-0.1, -0.05) is 30.3 Å². The SMILES string of the molecule is C=CCNCC(=O)Nc1cccc2c(O)cccc12. The van der Waals surface area contributed by atoms with Gasteiger partial charge in [-0.2, -0.15) is 0 Å². The predicted molar refractivity (Wildman–Crippen MR) is 77.3 cm³/mol. The second kappa shape index (κ2) is 6.02. The van der Waals surface area contributed by atoms with Gasteiger partial charge >= 0.3 is 0 Å². The van der Waals surface area contributed by atoms with Crippen LogP contribution in [0, 0.1) is 0 Å². The molecule has 0 aliphatic carbocycles. The lowest BCUT2D eigenvalue weighted by atomic mass is 10.1. The van der Waals surface area contributed by atoms with E-state index >= 15 is 0 Å². The van der Waals surface area contributed by atoms with Crippen LogP contribution in [0.25, 0.3) is 10.8 Å². The Kier molecular flexibility index (Phi) is 4.15. The van der Waals surface area contributed by atoms with Gasteiger partial charge in [-0.15, -0.1) is 6.58 Å². The summed E-state index contributed by atoms with van der Waals surface area (Å²) in [7, 11) is 0. The zero-order valence-corrected chi connectivity index (χ0v) is 10.5. The van der Waals surface area contributed by atoms with E-state index in [1.54, 1.807) is 24.3 Å². The Morgan fingerprint density at radius 2 is 1.95 bits per heavy atom. The third-order valence-electron chi connectivity index (χ3n) is 2.75. The van der Waals surface area contributed by atoms with Gasteiger partial charge in [-0.3, -0.25) is 4.79 Å². The van der Waals surface area contributed by atoms with Crippen LogP contribution in [-0.2, 0) is 4.79 Å². The summed E-state index contributed by atoms with van der Waals surface area (Å²) in [5, 5.41) is 17.1. The van der Waals surface area contributed by atoms with Crippen LogP contribution < -0.4 is 10.6 Å². The Hall–Kier alpha value is -2.33. The third kappa shape index (κ3) is 3.11. The monoisotopic (exact) mass is 256 g/mol. The van der Waals surface area contributed by atoms with Crippen LogP contribution in [0.15, 0.2) is 49.1 Å². The van der Waals surface area contributed by atoms with Gasteiger partial charge in [-0.05, 0) is 12.1 Å². The van der Waals surface area contributed by atoms with Crippen LogP contribution in [-0.4, -0.2) is 24.1 Å². The van der Waals surface area contributed by atoms with E-state index in [2.05, 4.69) is 17.2 Å². The van der Waals surface area contributed by atoms with Crippen molar-refractivity contribution in [1.82, 2.24) is 5.32 Å². The average Bonchev–Trinajstić information content (AvgIpc) is 2.40. The van der Waals surface area contributed by atoms with Crippen LogP contribution in [0.5, 0.6) is 5.75 Å². The molecule has 0 aromatic heterocycles. The fraction of sp³-hybridized carbons (Fsp3) is 0.133. The van der Waals surface area contributed by atoms with Crippen LogP contribution in [0.4, 0.5) is 5.69 Å². The number of rotatable bonds is 5. The van der Waals surface area contributed by atoms with Crippen LogP contribution in [0.1, 0.15) is 0 Å². The van der Waals surface area contributed by atoms with Crippen molar-refractivity contribution in [1.29, 1.82) is 0 Å². The molecule has 0 radical (unpaired) electrons. The molecule has 0 aliphatic rings. The average molecular weight is 256 g/mol. The molecule has 98 valence electrons. The van der Waals surface area contributed by atoms with Gasteiger partial charge < -0.3 is 15.7 Å². The molecule has 0 saturated carbocycles. The normalized spacial score (nSPS) is 10.3. The molecule has 0 heterocycles. The predicted octanol–water partition coefficient (Wildman–Crippen LogP) is 2.26. The molecule has 0 atom stereocenters. The number of phenolic OH excluding ortho intramolecular Hbond substituents is 1. The van der Waals surface area contributed by atoms with E-state index in [9.17, 15) is 9.90 Å². The largest absolute Gasteiger partial charge is 0.507 e. The summed E-state index contributed by atoms with van der Waals surface area (Å²) in [4.78, 5) is 11.7. The fourth-order valence-corrected chi connectivity index (χ4v) is 1.88. The van der Waals surface area contributed by atoms with Crippen LogP contribution in [0.3, 0.4) is 0 Å². The van der Waals surface area contributed by atoms with E-state index in [1.165, 1.54) is 0 Å². The lowest BCUT2D eigenvalue weighted by Crippen LogP contribution is -2.28. The molecule has 2 rings (SSSR count). The first-order valence-corrected chi connectivity index (χ1v) is 6.04. The molecule has 2 aromatic rings. The number of anilines is 1. The highest BCUT2D eigenvalue weighted by Gasteiger charge is 2.06. The Labute approximate surface area is 111 Å². The lowest BCUT2D eigenvalue weighted by molar-refractivity contribution is -0.115. The van der Waals surface area contributed by atoms with E-state index in [0.29, 0.717) is 12.2 Å². The number of fused-ring (bicyclic) bond motifs is 1. The molecule has 0 unspecified atom stereocenters. The Balaban J connectivity index is 2.19. The minimum Gasteiger partial charge on any atom is -0.507 e. The van der Waals surface area contributed by atoms with Crippen molar-refractivity contribution in [3.05, 3.63) is 49.1 Å². The van der Waals surface area contributed by atoms with Gasteiger partial charge in [0.15, 0.2) is 0 Å². The second-order valence-electron chi connectivity index (χ2n) is 4.15. The number of benzene rings is 2. The first-order valence-electron chi connectivity index (χ1n) is 6.04. The highest BCUT2D eigenvalue weighted by Crippen LogP contribution is 2.29. The van der Waals surface area contributed by atoms with Crippen LogP contribution >= 0.6 is 0 Å². The first-order chi connectivity index (χ1) is 9.22. The highest BCUT2D eigenvalue weighted by atomic mass is 16.3.